The van der Waals surface area contributed by atoms with Gasteiger partial charge < -0.3 is 19.1 Å². The van der Waals surface area contributed by atoms with E-state index in [1.54, 1.807) is 30.2 Å². The Kier molecular flexibility index (Phi) is 6.19. The lowest BCUT2D eigenvalue weighted by molar-refractivity contribution is 0.0648. The average molecular weight is 363 g/mol. The van der Waals surface area contributed by atoms with E-state index in [0.717, 1.165) is 11.3 Å². The van der Waals surface area contributed by atoms with Gasteiger partial charge in [-0.15, -0.1) is 0 Å². The zero-order valence-electron chi connectivity index (χ0n) is 14.7. The fourth-order valence-electron chi connectivity index (χ4n) is 2.78. The van der Waals surface area contributed by atoms with Crippen molar-refractivity contribution in [3.8, 4) is 5.75 Å². The van der Waals surface area contributed by atoms with Crippen LogP contribution in [0.2, 0.25) is 0 Å². The number of rotatable bonds is 8. The molecule has 0 aliphatic carbocycles. The number of carbonyl (C=O) groups is 1. The Bertz CT molecular complexity index is 750. The molecule has 0 radical (unpaired) electrons. The first-order chi connectivity index (χ1) is 12.7. The molecular weight excluding hydrogens is 341 g/mol. The quantitative estimate of drug-likeness (QED) is 0.774. The first-order valence-electron chi connectivity index (χ1n) is 8.50. The Morgan fingerprint density at radius 1 is 1.35 bits per heavy atom. The summed E-state index contributed by atoms with van der Waals surface area (Å²) in [4.78, 5) is 14.5. The van der Waals surface area contributed by atoms with Gasteiger partial charge in [0.1, 0.15) is 6.61 Å². The summed E-state index contributed by atoms with van der Waals surface area (Å²) in [5.41, 5.74) is 2.11. The Balaban J connectivity index is 1.66. The molecule has 26 heavy (non-hydrogen) atoms. The highest BCUT2D eigenvalue weighted by molar-refractivity contribution is 5.94. The topological polar surface area (TPSA) is 76.7 Å². The van der Waals surface area contributed by atoms with Crippen molar-refractivity contribution < 1.29 is 23.4 Å². The maximum atomic E-state index is 13.6. The second-order valence-corrected chi connectivity index (χ2v) is 5.90. The van der Waals surface area contributed by atoms with Crippen molar-refractivity contribution in [3.63, 3.8) is 0 Å². The number of carbonyl (C=O) groups excluding carboxylic acids is 1. The third-order valence-corrected chi connectivity index (χ3v) is 4.21. The van der Waals surface area contributed by atoms with E-state index in [-0.39, 0.29) is 18.3 Å². The molecule has 1 aromatic carbocycles. The molecule has 3 rings (SSSR count). The molecule has 0 unspecified atom stereocenters. The Morgan fingerprint density at radius 3 is 2.96 bits per heavy atom. The molecule has 140 valence electrons. The standard InChI is InChI=1S/C18H22FN3O4/c1-24-10-7-22(8-11-26-16-5-3-2-4-14(16)19)18(23)17-13-12-25-9-6-15(13)20-21-17/h2-5H,6-12H2,1H3,(H,20,21). The Morgan fingerprint density at radius 2 is 2.15 bits per heavy atom. The van der Waals surface area contributed by atoms with Crippen molar-refractivity contribution in [2.24, 2.45) is 0 Å². The summed E-state index contributed by atoms with van der Waals surface area (Å²) in [6, 6.07) is 6.18. The van der Waals surface area contributed by atoms with Crippen LogP contribution in [0.15, 0.2) is 24.3 Å². The average Bonchev–Trinajstić information content (AvgIpc) is 3.09. The SMILES string of the molecule is COCCN(CCOc1ccccc1F)C(=O)c1n[nH]c2c1COCC2. The van der Waals surface area contributed by atoms with Crippen molar-refractivity contribution in [1.29, 1.82) is 0 Å². The van der Waals surface area contributed by atoms with Gasteiger partial charge in [0.25, 0.3) is 5.91 Å². The molecule has 1 N–H and O–H groups in total. The smallest absolute Gasteiger partial charge is 0.274 e. The van der Waals surface area contributed by atoms with Crippen LogP contribution in [0.5, 0.6) is 5.75 Å². The number of methoxy groups -OCH3 is 1. The van der Waals surface area contributed by atoms with Gasteiger partial charge >= 0.3 is 0 Å². The van der Waals surface area contributed by atoms with Gasteiger partial charge in [0, 0.05) is 31.3 Å². The van der Waals surface area contributed by atoms with Crippen LogP contribution in [0.1, 0.15) is 21.7 Å². The summed E-state index contributed by atoms with van der Waals surface area (Å²) < 4.78 is 29.6. The lowest BCUT2D eigenvalue weighted by atomic mass is 10.1. The first-order valence-corrected chi connectivity index (χ1v) is 8.50. The van der Waals surface area contributed by atoms with Crippen LogP contribution in [0.3, 0.4) is 0 Å². The number of hydrogen-bond acceptors (Lipinski definition) is 5. The number of para-hydroxylation sites is 1. The van der Waals surface area contributed by atoms with Crippen molar-refractivity contribution >= 4 is 5.91 Å². The predicted molar refractivity (Wildman–Crippen MR) is 91.6 cm³/mol. The number of nitrogens with zero attached hydrogens (tertiary/aromatic N) is 2. The molecule has 0 bridgehead atoms. The van der Waals surface area contributed by atoms with E-state index in [2.05, 4.69) is 10.2 Å². The molecule has 2 aromatic rings. The van der Waals surface area contributed by atoms with Gasteiger partial charge in [0.15, 0.2) is 17.3 Å². The molecule has 7 nitrogen and oxygen atoms in total. The summed E-state index contributed by atoms with van der Waals surface area (Å²) in [7, 11) is 1.57. The van der Waals surface area contributed by atoms with Crippen LogP contribution in [0.25, 0.3) is 0 Å². The zero-order valence-corrected chi connectivity index (χ0v) is 14.7. The maximum absolute atomic E-state index is 13.6. The molecule has 0 saturated carbocycles. The van der Waals surface area contributed by atoms with Crippen molar-refractivity contribution in [3.05, 3.63) is 47.0 Å². The number of aromatic nitrogens is 2. The molecule has 1 amide bonds. The number of benzene rings is 1. The summed E-state index contributed by atoms with van der Waals surface area (Å²) >= 11 is 0. The number of halogens is 1. The lowest BCUT2D eigenvalue weighted by Gasteiger charge is -2.22. The molecule has 0 spiro atoms. The van der Waals surface area contributed by atoms with Gasteiger partial charge in [-0.25, -0.2) is 4.39 Å². The monoisotopic (exact) mass is 363 g/mol. The van der Waals surface area contributed by atoms with Gasteiger partial charge in [-0.3, -0.25) is 9.89 Å². The van der Waals surface area contributed by atoms with Crippen LogP contribution in [0, 0.1) is 5.82 Å². The number of H-pyrrole nitrogens is 1. The van der Waals surface area contributed by atoms with E-state index < -0.39 is 5.82 Å². The molecule has 8 heteroatoms. The van der Waals surface area contributed by atoms with Crippen LogP contribution >= 0.6 is 0 Å². The zero-order chi connectivity index (χ0) is 18.4. The Labute approximate surface area is 151 Å². The first kappa shape index (κ1) is 18.3. The number of amides is 1. The predicted octanol–water partition coefficient (Wildman–Crippen LogP) is 1.79. The van der Waals surface area contributed by atoms with E-state index >= 15 is 0 Å². The molecule has 2 heterocycles. The minimum Gasteiger partial charge on any atom is -0.489 e. The van der Waals surface area contributed by atoms with Crippen molar-refractivity contribution in [2.75, 3.05) is 40.0 Å². The minimum atomic E-state index is -0.430. The summed E-state index contributed by atoms with van der Waals surface area (Å²) in [6.07, 6.45) is 0.712. The van der Waals surface area contributed by atoms with E-state index in [0.29, 0.717) is 45.0 Å². The van der Waals surface area contributed by atoms with Crippen LogP contribution < -0.4 is 4.74 Å². The van der Waals surface area contributed by atoms with Gasteiger partial charge in [0.05, 0.1) is 26.4 Å². The van der Waals surface area contributed by atoms with E-state index in [1.807, 2.05) is 0 Å². The van der Waals surface area contributed by atoms with Gasteiger partial charge in [-0.05, 0) is 12.1 Å². The number of nitrogens with one attached hydrogen (secondary N) is 1. The van der Waals surface area contributed by atoms with E-state index in [4.69, 9.17) is 14.2 Å². The summed E-state index contributed by atoms with van der Waals surface area (Å²) in [5, 5.41) is 7.09. The van der Waals surface area contributed by atoms with Crippen LogP contribution in [0.4, 0.5) is 4.39 Å². The number of hydrogen-bond donors (Lipinski definition) is 1. The maximum Gasteiger partial charge on any atom is 0.274 e. The van der Waals surface area contributed by atoms with Gasteiger partial charge in [-0.2, -0.15) is 5.10 Å². The largest absolute Gasteiger partial charge is 0.489 e. The highest BCUT2D eigenvalue weighted by Gasteiger charge is 2.26. The number of fused-ring (bicyclic) bond motifs is 1. The number of ether oxygens (including phenoxy) is 3. The Hall–Kier alpha value is -2.45. The van der Waals surface area contributed by atoms with E-state index in [9.17, 15) is 9.18 Å². The third kappa shape index (κ3) is 4.20. The molecule has 0 atom stereocenters. The summed E-state index contributed by atoms with van der Waals surface area (Å²) in [6.45, 7) is 2.22. The second kappa shape index (κ2) is 8.77. The van der Waals surface area contributed by atoms with Gasteiger partial charge in [-0.1, -0.05) is 12.1 Å². The third-order valence-electron chi connectivity index (χ3n) is 4.21. The van der Waals surface area contributed by atoms with Crippen LogP contribution in [-0.4, -0.2) is 61.0 Å². The summed E-state index contributed by atoms with van der Waals surface area (Å²) in [5.74, 6) is -0.486. The van der Waals surface area contributed by atoms with Crippen molar-refractivity contribution in [2.45, 2.75) is 13.0 Å². The normalized spacial score (nSPS) is 13.3. The minimum absolute atomic E-state index is 0.164. The fraction of sp³-hybridized carbons (Fsp3) is 0.444. The molecular formula is C18H22FN3O4. The highest BCUT2D eigenvalue weighted by atomic mass is 19.1. The highest BCUT2D eigenvalue weighted by Crippen LogP contribution is 2.20. The molecule has 0 fully saturated rings. The molecule has 1 aliphatic rings. The van der Waals surface area contributed by atoms with E-state index in [1.165, 1.54) is 6.07 Å². The molecule has 1 aliphatic heterocycles. The van der Waals surface area contributed by atoms with Gasteiger partial charge in [0.2, 0.25) is 0 Å². The number of aromatic amines is 1. The van der Waals surface area contributed by atoms with Crippen molar-refractivity contribution in [1.82, 2.24) is 15.1 Å². The molecule has 1 aromatic heterocycles. The fourth-order valence-corrected chi connectivity index (χ4v) is 2.78. The molecule has 0 saturated heterocycles. The van der Waals surface area contributed by atoms with Crippen LogP contribution in [-0.2, 0) is 22.5 Å². The second-order valence-electron chi connectivity index (χ2n) is 5.90. The lowest BCUT2D eigenvalue weighted by Crippen LogP contribution is -2.38.